The highest BCUT2D eigenvalue weighted by Gasteiger charge is 2.11. The molecular weight excluding hydrogens is 308 g/mol. The number of hydrogen-bond donors (Lipinski definition) is 1. The Balaban J connectivity index is 2.96. The highest BCUT2D eigenvalue weighted by atomic mass is 35.5. The second-order valence-corrected chi connectivity index (χ2v) is 5.27. The number of rotatable bonds is 7. The minimum atomic E-state index is 0.551. The van der Waals surface area contributed by atoms with Gasteiger partial charge in [-0.05, 0) is 49.4 Å². The van der Waals surface area contributed by atoms with Gasteiger partial charge in [0.15, 0.2) is 5.84 Å². The van der Waals surface area contributed by atoms with Crippen molar-refractivity contribution in [2.75, 3.05) is 13.6 Å². The summed E-state index contributed by atoms with van der Waals surface area (Å²) in [6.07, 6.45) is 10.1. The maximum atomic E-state index is 6.34. The van der Waals surface area contributed by atoms with Crippen molar-refractivity contribution in [3.63, 3.8) is 0 Å². The van der Waals surface area contributed by atoms with Crippen LogP contribution in [0.4, 0.5) is 0 Å². The van der Waals surface area contributed by atoms with E-state index in [-0.39, 0.29) is 0 Å². The molecule has 1 N–H and O–H groups in total. The molecule has 0 aromatic heterocycles. The zero-order valence-electron chi connectivity index (χ0n) is 13.9. The lowest BCUT2D eigenvalue weighted by molar-refractivity contribution is 0.851. The molecule has 0 aliphatic carbocycles. The van der Waals surface area contributed by atoms with Crippen molar-refractivity contribution < 1.29 is 0 Å². The van der Waals surface area contributed by atoms with Gasteiger partial charge in [-0.3, -0.25) is 4.99 Å². The van der Waals surface area contributed by atoms with Crippen molar-refractivity contribution in [3.05, 3.63) is 58.5 Å². The summed E-state index contributed by atoms with van der Waals surface area (Å²) in [6, 6.07) is 0. The molecule has 0 saturated heterocycles. The molecule has 0 spiro atoms. The van der Waals surface area contributed by atoms with Gasteiger partial charge >= 0.3 is 0 Å². The van der Waals surface area contributed by atoms with Crippen LogP contribution in [0.5, 0.6) is 0 Å². The van der Waals surface area contributed by atoms with E-state index in [2.05, 4.69) is 40.5 Å². The Bertz CT molecular complexity index is 646. The van der Waals surface area contributed by atoms with Crippen LogP contribution in [-0.4, -0.2) is 32.4 Å². The van der Waals surface area contributed by atoms with Gasteiger partial charge in [0.1, 0.15) is 5.82 Å². The first-order valence-electron chi connectivity index (χ1n) is 7.38. The summed E-state index contributed by atoms with van der Waals surface area (Å²) in [5.74, 6) is 1.25. The maximum Gasteiger partial charge on any atom is 0.157 e. The Hall–Kier alpha value is -2.20. The molecule has 0 unspecified atom stereocenters. The van der Waals surface area contributed by atoms with Gasteiger partial charge in [-0.2, -0.15) is 0 Å². The lowest BCUT2D eigenvalue weighted by atomic mass is 10.1. The molecule has 1 aliphatic rings. The third kappa shape index (κ3) is 5.49. The number of allylic oxidation sites excluding steroid dienone is 5. The number of nitrogens with zero attached hydrogens (tertiary/aromatic N) is 3. The fraction of sp³-hybridized carbons (Fsp3) is 0.278. The third-order valence-electron chi connectivity index (χ3n) is 3.32. The number of amidine groups is 1. The Morgan fingerprint density at radius 1 is 1.48 bits per heavy atom. The number of halogens is 1. The smallest absolute Gasteiger partial charge is 0.157 e. The van der Waals surface area contributed by atoms with Gasteiger partial charge in [0, 0.05) is 24.8 Å². The van der Waals surface area contributed by atoms with Crippen molar-refractivity contribution in [1.82, 2.24) is 5.32 Å². The van der Waals surface area contributed by atoms with Crippen LogP contribution in [0.3, 0.4) is 0 Å². The fourth-order valence-corrected chi connectivity index (χ4v) is 2.10. The van der Waals surface area contributed by atoms with E-state index in [1.807, 2.05) is 31.2 Å². The van der Waals surface area contributed by atoms with E-state index in [9.17, 15) is 0 Å². The maximum absolute atomic E-state index is 6.34. The molecule has 122 valence electrons. The fourth-order valence-electron chi connectivity index (χ4n) is 1.89. The zero-order chi connectivity index (χ0) is 17.2. The van der Waals surface area contributed by atoms with Gasteiger partial charge in [0.05, 0.1) is 5.57 Å². The van der Waals surface area contributed by atoms with Crippen LogP contribution in [-0.2, 0) is 0 Å². The summed E-state index contributed by atoms with van der Waals surface area (Å²) < 4.78 is 0. The minimum Gasteiger partial charge on any atom is -0.366 e. The highest BCUT2D eigenvalue weighted by molar-refractivity contribution is 6.31. The number of hydrogen-bond acceptors (Lipinski definition) is 3. The Labute approximate surface area is 143 Å². The SMILES string of the molecule is C=C/C(=C\C(Cl)=C(/C)CN/C(N=C)=C1\C=CC=N\C1=N\C)CC. The number of aliphatic imine (C=N–C) groups is 3. The molecule has 0 atom stereocenters. The van der Waals surface area contributed by atoms with Crippen molar-refractivity contribution in [3.8, 4) is 0 Å². The van der Waals surface area contributed by atoms with Gasteiger partial charge in [-0.15, -0.1) is 0 Å². The first-order valence-corrected chi connectivity index (χ1v) is 7.76. The molecule has 23 heavy (non-hydrogen) atoms. The van der Waals surface area contributed by atoms with Gasteiger partial charge in [-0.25, -0.2) is 9.98 Å². The summed E-state index contributed by atoms with van der Waals surface area (Å²) in [5.41, 5.74) is 2.91. The van der Waals surface area contributed by atoms with Gasteiger partial charge in [0.25, 0.3) is 0 Å². The van der Waals surface area contributed by atoms with E-state index >= 15 is 0 Å². The third-order valence-corrected chi connectivity index (χ3v) is 3.75. The summed E-state index contributed by atoms with van der Waals surface area (Å²) in [7, 11) is 1.70. The van der Waals surface area contributed by atoms with Crippen molar-refractivity contribution in [2.24, 2.45) is 15.0 Å². The quantitative estimate of drug-likeness (QED) is 0.552. The van der Waals surface area contributed by atoms with Crippen LogP contribution in [0.1, 0.15) is 20.3 Å². The molecular formula is C18H23ClN4. The lowest BCUT2D eigenvalue weighted by Crippen LogP contribution is -2.19. The summed E-state index contributed by atoms with van der Waals surface area (Å²) in [4.78, 5) is 12.4. The molecule has 1 aliphatic heterocycles. The van der Waals surface area contributed by atoms with Crippen LogP contribution >= 0.6 is 11.6 Å². The predicted molar refractivity (Wildman–Crippen MR) is 103 cm³/mol. The molecule has 1 heterocycles. The first-order chi connectivity index (χ1) is 11.1. The first kappa shape index (κ1) is 18.8. The predicted octanol–water partition coefficient (Wildman–Crippen LogP) is 4.19. The molecule has 0 saturated carbocycles. The van der Waals surface area contributed by atoms with Crippen LogP contribution in [0, 0.1) is 0 Å². The number of dihydropyridines is 1. The molecule has 0 amide bonds. The molecule has 5 heteroatoms. The topological polar surface area (TPSA) is 49.1 Å². The second kappa shape index (κ2) is 9.74. The normalized spacial score (nSPS) is 19.5. The van der Waals surface area contributed by atoms with Crippen molar-refractivity contribution in [1.29, 1.82) is 0 Å². The van der Waals surface area contributed by atoms with Crippen molar-refractivity contribution >= 4 is 30.4 Å². The van der Waals surface area contributed by atoms with Crippen LogP contribution in [0.15, 0.2) is 73.4 Å². The van der Waals surface area contributed by atoms with E-state index < -0.39 is 0 Å². The molecule has 4 nitrogen and oxygen atoms in total. The molecule has 0 radical (unpaired) electrons. The average molecular weight is 331 g/mol. The Morgan fingerprint density at radius 3 is 2.78 bits per heavy atom. The van der Waals surface area contributed by atoms with E-state index in [0.29, 0.717) is 23.2 Å². The van der Waals surface area contributed by atoms with Crippen LogP contribution in [0.25, 0.3) is 0 Å². The summed E-state index contributed by atoms with van der Waals surface area (Å²) in [6.45, 7) is 12.0. The van der Waals surface area contributed by atoms with Crippen molar-refractivity contribution in [2.45, 2.75) is 20.3 Å². The second-order valence-electron chi connectivity index (χ2n) is 4.86. The Kier molecular flexibility index (Phi) is 7.98. The Morgan fingerprint density at radius 2 is 2.22 bits per heavy atom. The van der Waals surface area contributed by atoms with E-state index in [4.69, 9.17) is 11.6 Å². The summed E-state index contributed by atoms with van der Waals surface area (Å²) in [5, 5.41) is 3.94. The molecule has 0 aromatic rings. The lowest BCUT2D eigenvalue weighted by Gasteiger charge is -2.13. The van der Waals surface area contributed by atoms with Gasteiger partial charge in [0.2, 0.25) is 0 Å². The zero-order valence-corrected chi connectivity index (χ0v) is 14.7. The largest absolute Gasteiger partial charge is 0.366 e. The molecule has 0 aromatic carbocycles. The monoisotopic (exact) mass is 330 g/mol. The average Bonchev–Trinajstić information content (AvgIpc) is 2.59. The van der Waals surface area contributed by atoms with E-state index in [1.165, 1.54) is 0 Å². The van der Waals surface area contributed by atoms with E-state index in [0.717, 1.165) is 23.1 Å². The highest BCUT2D eigenvalue weighted by Crippen LogP contribution is 2.16. The molecule has 1 rings (SSSR count). The van der Waals surface area contributed by atoms with Crippen LogP contribution in [0.2, 0.25) is 0 Å². The van der Waals surface area contributed by atoms with Gasteiger partial charge in [-0.1, -0.05) is 31.2 Å². The summed E-state index contributed by atoms with van der Waals surface area (Å²) >= 11 is 6.34. The van der Waals surface area contributed by atoms with Crippen LogP contribution < -0.4 is 5.32 Å². The van der Waals surface area contributed by atoms with Gasteiger partial charge < -0.3 is 5.32 Å². The number of nitrogens with one attached hydrogen (secondary N) is 1. The van der Waals surface area contributed by atoms with E-state index in [1.54, 1.807) is 13.3 Å². The standard InChI is InChI=1S/C18H23ClN4/c1-6-14(7-2)11-16(19)13(3)12-23-18(21-5)15-9-8-10-22-17(15)20-4/h6,8-11,23H,1,5,7,12H2,2-4H3/b14-11+,16-13-,18-15+,20-17+. The molecule has 0 fully saturated rings. The molecule has 0 bridgehead atoms. The minimum absolute atomic E-state index is 0.551.